The van der Waals surface area contributed by atoms with Crippen LogP contribution in [0.25, 0.3) is 0 Å². The van der Waals surface area contributed by atoms with E-state index in [4.69, 9.17) is 0 Å². The molecule has 2 unspecified atom stereocenters. The largest absolute Gasteiger partial charge is 0.391 e. The first-order valence-electron chi connectivity index (χ1n) is 7.18. The fourth-order valence-electron chi connectivity index (χ4n) is 2.53. The Bertz CT molecular complexity index is 444. The average Bonchev–Trinajstić information content (AvgIpc) is 2.59. The predicted octanol–water partition coefficient (Wildman–Crippen LogP) is 2.48. The first-order valence-corrected chi connectivity index (χ1v) is 7.18. The highest BCUT2D eigenvalue weighted by atomic mass is 16.3. The summed E-state index contributed by atoms with van der Waals surface area (Å²) in [5, 5.41) is 10.1. The Balaban J connectivity index is 2.13. The number of aryl methyl sites for hydroxylation is 1. The SMILES string of the molecule is CCC(C)C(O)CN1CCCc2ccccc2C1=O. The third-order valence-corrected chi connectivity index (χ3v) is 4.12. The number of carbonyl (C=O) groups is 1. The Labute approximate surface area is 115 Å². The molecule has 3 nitrogen and oxygen atoms in total. The molecule has 0 saturated heterocycles. The number of rotatable bonds is 4. The van der Waals surface area contributed by atoms with E-state index in [0.717, 1.165) is 36.9 Å². The molecule has 1 amide bonds. The maximum Gasteiger partial charge on any atom is 0.254 e. The Morgan fingerprint density at radius 3 is 2.84 bits per heavy atom. The van der Waals surface area contributed by atoms with E-state index >= 15 is 0 Å². The van der Waals surface area contributed by atoms with Crippen LogP contribution in [0, 0.1) is 5.92 Å². The summed E-state index contributed by atoms with van der Waals surface area (Å²) in [6.07, 6.45) is 2.41. The number of hydrogen-bond donors (Lipinski definition) is 1. The van der Waals surface area contributed by atoms with Gasteiger partial charge in [-0.15, -0.1) is 0 Å². The van der Waals surface area contributed by atoms with Crippen LogP contribution in [0.1, 0.15) is 42.6 Å². The molecule has 2 rings (SSSR count). The van der Waals surface area contributed by atoms with Gasteiger partial charge in [0.15, 0.2) is 0 Å². The maximum absolute atomic E-state index is 12.5. The van der Waals surface area contributed by atoms with E-state index in [1.807, 2.05) is 36.1 Å². The van der Waals surface area contributed by atoms with E-state index in [1.54, 1.807) is 0 Å². The molecule has 1 aliphatic rings. The third kappa shape index (κ3) is 3.16. The molecule has 1 aliphatic heterocycles. The molecule has 3 heteroatoms. The van der Waals surface area contributed by atoms with Crippen molar-refractivity contribution in [2.24, 2.45) is 5.92 Å². The summed E-state index contributed by atoms with van der Waals surface area (Å²) in [4.78, 5) is 14.3. The van der Waals surface area contributed by atoms with Gasteiger partial charge in [0.2, 0.25) is 0 Å². The Hall–Kier alpha value is -1.35. The minimum Gasteiger partial charge on any atom is -0.391 e. The van der Waals surface area contributed by atoms with Crippen LogP contribution < -0.4 is 0 Å². The van der Waals surface area contributed by atoms with Crippen LogP contribution in [0.5, 0.6) is 0 Å². The second kappa shape index (κ2) is 6.20. The van der Waals surface area contributed by atoms with Gasteiger partial charge in [0.05, 0.1) is 6.10 Å². The van der Waals surface area contributed by atoms with E-state index in [9.17, 15) is 9.90 Å². The molecule has 1 aromatic rings. The summed E-state index contributed by atoms with van der Waals surface area (Å²) >= 11 is 0. The zero-order chi connectivity index (χ0) is 13.8. The Morgan fingerprint density at radius 2 is 2.11 bits per heavy atom. The fourth-order valence-corrected chi connectivity index (χ4v) is 2.53. The molecule has 104 valence electrons. The maximum atomic E-state index is 12.5. The van der Waals surface area contributed by atoms with Crippen LogP contribution >= 0.6 is 0 Å². The number of aliphatic hydroxyl groups excluding tert-OH is 1. The number of aliphatic hydroxyl groups is 1. The first-order chi connectivity index (χ1) is 9.13. The topological polar surface area (TPSA) is 40.5 Å². The number of carbonyl (C=O) groups excluding carboxylic acids is 1. The highest BCUT2D eigenvalue weighted by Gasteiger charge is 2.25. The van der Waals surface area contributed by atoms with Gasteiger partial charge in [0.25, 0.3) is 5.91 Å². The Morgan fingerprint density at radius 1 is 1.37 bits per heavy atom. The lowest BCUT2D eigenvalue weighted by molar-refractivity contribution is 0.0498. The van der Waals surface area contributed by atoms with Gasteiger partial charge < -0.3 is 10.0 Å². The monoisotopic (exact) mass is 261 g/mol. The van der Waals surface area contributed by atoms with E-state index in [2.05, 4.69) is 6.92 Å². The van der Waals surface area contributed by atoms with Crippen LogP contribution in [0.2, 0.25) is 0 Å². The quantitative estimate of drug-likeness (QED) is 0.904. The zero-order valence-electron chi connectivity index (χ0n) is 11.8. The number of β-amino-alcohol motifs (C(OH)–C–C–N with tert-alkyl or cyclic N) is 1. The first kappa shape index (κ1) is 14.1. The van der Waals surface area contributed by atoms with Gasteiger partial charge in [-0.2, -0.15) is 0 Å². The smallest absolute Gasteiger partial charge is 0.254 e. The lowest BCUT2D eigenvalue weighted by Gasteiger charge is -2.26. The predicted molar refractivity (Wildman–Crippen MR) is 76.1 cm³/mol. The number of benzene rings is 1. The molecule has 1 heterocycles. The number of nitrogens with zero attached hydrogens (tertiary/aromatic N) is 1. The van der Waals surface area contributed by atoms with Crippen LogP contribution in [-0.2, 0) is 6.42 Å². The minimum absolute atomic E-state index is 0.0652. The van der Waals surface area contributed by atoms with Gasteiger partial charge >= 0.3 is 0 Å². The van der Waals surface area contributed by atoms with E-state index in [0.29, 0.717) is 6.54 Å². The molecule has 1 N–H and O–H groups in total. The molecule has 0 aliphatic carbocycles. The van der Waals surface area contributed by atoms with Crippen molar-refractivity contribution in [1.82, 2.24) is 4.90 Å². The molecule has 1 aromatic carbocycles. The van der Waals surface area contributed by atoms with E-state index in [-0.39, 0.29) is 11.8 Å². The zero-order valence-corrected chi connectivity index (χ0v) is 11.8. The van der Waals surface area contributed by atoms with Gasteiger partial charge in [-0.3, -0.25) is 4.79 Å². The second-order valence-corrected chi connectivity index (χ2v) is 5.46. The highest BCUT2D eigenvalue weighted by Crippen LogP contribution is 2.19. The lowest BCUT2D eigenvalue weighted by atomic mass is 10.0. The highest BCUT2D eigenvalue weighted by molar-refractivity contribution is 5.96. The van der Waals surface area contributed by atoms with Gasteiger partial charge in [-0.25, -0.2) is 0 Å². The molecule has 0 fully saturated rings. The van der Waals surface area contributed by atoms with Crippen molar-refractivity contribution >= 4 is 5.91 Å². The molecule has 0 bridgehead atoms. The van der Waals surface area contributed by atoms with Gasteiger partial charge in [-0.05, 0) is 30.4 Å². The van der Waals surface area contributed by atoms with Crippen LogP contribution in [0.15, 0.2) is 24.3 Å². The third-order valence-electron chi connectivity index (χ3n) is 4.12. The summed E-state index contributed by atoms with van der Waals surface area (Å²) in [5.41, 5.74) is 1.93. The Kier molecular flexibility index (Phi) is 4.59. The van der Waals surface area contributed by atoms with Crippen molar-refractivity contribution in [3.05, 3.63) is 35.4 Å². The molecule has 0 aromatic heterocycles. The molecule has 0 saturated carbocycles. The standard InChI is InChI=1S/C16H23NO2/c1-3-12(2)15(18)11-17-10-6-8-13-7-4-5-9-14(13)16(17)19/h4-5,7,9,12,15,18H,3,6,8,10-11H2,1-2H3. The van der Waals surface area contributed by atoms with Gasteiger partial charge in [0, 0.05) is 18.7 Å². The number of amides is 1. The van der Waals surface area contributed by atoms with Gasteiger partial charge in [-0.1, -0.05) is 38.5 Å². The summed E-state index contributed by atoms with van der Waals surface area (Å²) in [6.45, 7) is 5.28. The number of fused-ring (bicyclic) bond motifs is 1. The summed E-state index contributed by atoms with van der Waals surface area (Å²) < 4.78 is 0. The van der Waals surface area contributed by atoms with E-state index < -0.39 is 6.10 Å². The van der Waals surface area contributed by atoms with Crippen molar-refractivity contribution in [1.29, 1.82) is 0 Å². The van der Waals surface area contributed by atoms with Crippen molar-refractivity contribution in [3.63, 3.8) is 0 Å². The summed E-state index contributed by atoms with van der Waals surface area (Å²) in [7, 11) is 0. The van der Waals surface area contributed by atoms with Crippen molar-refractivity contribution in [2.75, 3.05) is 13.1 Å². The van der Waals surface area contributed by atoms with Crippen LogP contribution in [0.4, 0.5) is 0 Å². The molecule has 19 heavy (non-hydrogen) atoms. The summed E-state index contributed by atoms with van der Waals surface area (Å²) in [5.74, 6) is 0.293. The average molecular weight is 261 g/mol. The normalized spacial score (nSPS) is 18.7. The summed E-state index contributed by atoms with van der Waals surface area (Å²) in [6, 6.07) is 7.81. The minimum atomic E-state index is -0.431. The van der Waals surface area contributed by atoms with Crippen LogP contribution in [0.3, 0.4) is 0 Å². The molecular weight excluding hydrogens is 238 g/mol. The number of hydrogen-bond acceptors (Lipinski definition) is 2. The second-order valence-electron chi connectivity index (χ2n) is 5.46. The van der Waals surface area contributed by atoms with Crippen molar-refractivity contribution in [3.8, 4) is 0 Å². The molecule has 2 atom stereocenters. The molecule has 0 spiro atoms. The van der Waals surface area contributed by atoms with Gasteiger partial charge in [0.1, 0.15) is 0 Å². The van der Waals surface area contributed by atoms with E-state index in [1.165, 1.54) is 0 Å². The van der Waals surface area contributed by atoms with Crippen molar-refractivity contribution in [2.45, 2.75) is 39.2 Å². The fraction of sp³-hybridized carbons (Fsp3) is 0.562. The lowest BCUT2D eigenvalue weighted by Crippen LogP contribution is -2.39. The molecule has 0 radical (unpaired) electrons. The van der Waals surface area contributed by atoms with Crippen molar-refractivity contribution < 1.29 is 9.90 Å². The van der Waals surface area contributed by atoms with Crippen LogP contribution in [-0.4, -0.2) is 35.1 Å². The molecular formula is C16H23NO2.